The van der Waals surface area contributed by atoms with Gasteiger partial charge in [-0.2, -0.15) is 0 Å². The monoisotopic (exact) mass is 424 g/mol. The number of carbonyl (C=O) groups is 3. The zero-order valence-electron chi connectivity index (χ0n) is 18.3. The smallest absolute Gasteiger partial charge is 0.329 e. The first-order chi connectivity index (χ1) is 14.9. The molecule has 1 aromatic carbocycles. The van der Waals surface area contributed by atoms with Crippen LogP contribution < -0.4 is 5.32 Å². The molecule has 1 saturated heterocycles. The summed E-state index contributed by atoms with van der Waals surface area (Å²) >= 11 is 0. The lowest BCUT2D eigenvalue weighted by Gasteiger charge is -2.56. The quantitative estimate of drug-likeness (QED) is 0.732. The van der Waals surface area contributed by atoms with Gasteiger partial charge in [-0.3, -0.25) is 9.59 Å². The summed E-state index contributed by atoms with van der Waals surface area (Å²) in [6.45, 7) is 2.20. The van der Waals surface area contributed by atoms with Gasteiger partial charge in [0, 0.05) is 12.2 Å². The molecule has 31 heavy (non-hydrogen) atoms. The molecule has 1 N–H and O–H groups in total. The van der Waals surface area contributed by atoms with Gasteiger partial charge in [-0.25, -0.2) is 4.79 Å². The van der Waals surface area contributed by atoms with E-state index >= 15 is 0 Å². The Labute approximate surface area is 183 Å². The lowest BCUT2D eigenvalue weighted by atomic mass is 9.49. The average molecular weight is 425 g/mol. The third kappa shape index (κ3) is 3.85. The van der Waals surface area contributed by atoms with Crippen LogP contribution in [0.5, 0.6) is 0 Å². The van der Waals surface area contributed by atoms with Crippen LogP contribution in [-0.2, 0) is 19.1 Å². The molecule has 0 radical (unpaired) electrons. The fourth-order valence-corrected chi connectivity index (χ4v) is 7.06. The van der Waals surface area contributed by atoms with Crippen molar-refractivity contribution in [3.8, 4) is 0 Å². The third-order valence-electron chi connectivity index (χ3n) is 8.04. The van der Waals surface area contributed by atoms with E-state index in [0.29, 0.717) is 36.4 Å². The van der Waals surface area contributed by atoms with Crippen molar-refractivity contribution in [3.63, 3.8) is 0 Å². The normalized spacial score (nSPS) is 33.4. The molecule has 166 valence electrons. The summed E-state index contributed by atoms with van der Waals surface area (Å²) in [7, 11) is 0. The van der Waals surface area contributed by atoms with Gasteiger partial charge in [0.15, 0.2) is 6.61 Å². The fourth-order valence-electron chi connectivity index (χ4n) is 7.06. The second kappa shape index (κ2) is 7.95. The maximum Gasteiger partial charge on any atom is 0.329 e. The highest BCUT2D eigenvalue weighted by molar-refractivity contribution is 5.94. The van der Waals surface area contributed by atoms with Gasteiger partial charge < -0.3 is 15.0 Å². The number of aryl methyl sites for hydroxylation is 1. The van der Waals surface area contributed by atoms with Gasteiger partial charge in [-0.1, -0.05) is 18.2 Å². The molecule has 0 spiro atoms. The Morgan fingerprint density at radius 2 is 1.71 bits per heavy atom. The molecule has 1 aromatic rings. The van der Waals surface area contributed by atoms with Crippen molar-refractivity contribution in [2.75, 3.05) is 18.5 Å². The van der Waals surface area contributed by atoms with Crippen LogP contribution in [0.15, 0.2) is 24.3 Å². The van der Waals surface area contributed by atoms with E-state index in [4.69, 9.17) is 4.74 Å². The zero-order chi connectivity index (χ0) is 21.6. The Kier molecular flexibility index (Phi) is 5.27. The number of nitrogens with one attached hydrogen (secondary N) is 1. The molecule has 1 aliphatic heterocycles. The van der Waals surface area contributed by atoms with E-state index in [1.165, 1.54) is 19.3 Å². The molecule has 4 aliphatic carbocycles. The third-order valence-corrected chi connectivity index (χ3v) is 8.04. The summed E-state index contributed by atoms with van der Waals surface area (Å²) in [5.74, 6) is 1.43. The van der Waals surface area contributed by atoms with E-state index in [1.54, 1.807) is 4.90 Å². The number of nitrogens with zero attached hydrogens (tertiary/aromatic N) is 1. The lowest BCUT2D eigenvalue weighted by molar-refractivity contribution is -0.165. The van der Waals surface area contributed by atoms with Crippen LogP contribution in [0.2, 0.25) is 0 Å². The number of amides is 2. The molecule has 6 rings (SSSR count). The van der Waals surface area contributed by atoms with Crippen LogP contribution in [0.25, 0.3) is 0 Å². The number of rotatable bonds is 5. The number of para-hydroxylation sites is 1. The van der Waals surface area contributed by atoms with E-state index in [2.05, 4.69) is 5.32 Å². The van der Waals surface area contributed by atoms with E-state index in [1.807, 2.05) is 31.2 Å². The molecule has 6 heteroatoms. The van der Waals surface area contributed by atoms with Gasteiger partial charge in [-0.05, 0) is 87.7 Å². The van der Waals surface area contributed by atoms with Crippen LogP contribution in [0, 0.1) is 30.1 Å². The molecule has 5 fully saturated rings. The first-order valence-electron chi connectivity index (χ1n) is 11.8. The second-order valence-corrected chi connectivity index (χ2v) is 10.3. The first kappa shape index (κ1) is 20.5. The van der Waals surface area contributed by atoms with Gasteiger partial charge in [0.2, 0.25) is 5.91 Å². The van der Waals surface area contributed by atoms with Gasteiger partial charge in [0.25, 0.3) is 5.91 Å². The predicted octanol–water partition coefficient (Wildman–Crippen LogP) is 3.68. The van der Waals surface area contributed by atoms with E-state index in [-0.39, 0.29) is 23.8 Å². The van der Waals surface area contributed by atoms with Crippen LogP contribution >= 0.6 is 0 Å². The molecule has 4 bridgehead atoms. The van der Waals surface area contributed by atoms with Crippen molar-refractivity contribution in [2.45, 2.75) is 64.3 Å². The van der Waals surface area contributed by atoms with Crippen molar-refractivity contribution in [1.82, 2.24) is 4.90 Å². The summed E-state index contributed by atoms with van der Waals surface area (Å²) in [5.41, 5.74) is 1.41. The molecule has 0 unspecified atom stereocenters. The van der Waals surface area contributed by atoms with Gasteiger partial charge >= 0.3 is 5.97 Å². The Bertz CT molecular complexity index is 860. The van der Waals surface area contributed by atoms with Crippen molar-refractivity contribution in [3.05, 3.63) is 29.8 Å². The lowest BCUT2D eigenvalue weighted by Crippen LogP contribution is -2.56. The maximum absolute atomic E-state index is 13.7. The molecular weight excluding hydrogens is 392 g/mol. The van der Waals surface area contributed by atoms with Gasteiger partial charge in [-0.15, -0.1) is 0 Å². The second-order valence-electron chi connectivity index (χ2n) is 10.3. The number of carbonyl (C=O) groups excluding carboxylic acids is 3. The summed E-state index contributed by atoms with van der Waals surface area (Å²) in [5, 5.41) is 2.78. The van der Waals surface area contributed by atoms with Crippen LogP contribution in [0.3, 0.4) is 0 Å². The van der Waals surface area contributed by atoms with E-state index in [0.717, 1.165) is 31.2 Å². The van der Waals surface area contributed by atoms with Crippen molar-refractivity contribution in [2.24, 2.45) is 23.2 Å². The Hall–Kier alpha value is -2.37. The summed E-state index contributed by atoms with van der Waals surface area (Å²) < 4.78 is 5.35. The summed E-state index contributed by atoms with van der Waals surface area (Å²) in [4.78, 5) is 40.5. The minimum absolute atomic E-state index is 0.176. The number of esters is 1. The van der Waals surface area contributed by atoms with Crippen molar-refractivity contribution in [1.29, 1.82) is 0 Å². The van der Waals surface area contributed by atoms with Crippen molar-refractivity contribution < 1.29 is 19.1 Å². The number of hydrogen-bond acceptors (Lipinski definition) is 4. The summed E-state index contributed by atoms with van der Waals surface area (Å²) in [6, 6.07) is 6.93. The molecule has 1 atom stereocenters. The Balaban J connectivity index is 1.20. The molecule has 1 heterocycles. The average Bonchev–Trinajstić information content (AvgIpc) is 3.22. The molecule has 4 saturated carbocycles. The summed E-state index contributed by atoms with van der Waals surface area (Å²) in [6.07, 6.45) is 8.28. The number of likely N-dealkylation sites (tertiary alicyclic amines) is 1. The minimum atomic E-state index is -0.549. The van der Waals surface area contributed by atoms with Gasteiger partial charge in [0.1, 0.15) is 6.04 Å². The number of benzene rings is 1. The Morgan fingerprint density at radius 3 is 2.35 bits per heavy atom. The molecular formula is C25H32N2O4. The predicted molar refractivity (Wildman–Crippen MR) is 116 cm³/mol. The van der Waals surface area contributed by atoms with Crippen LogP contribution in [0.4, 0.5) is 5.69 Å². The fraction of sp³-hybridized carbons (Fsp3) is 0.640. The molecule has 6 nitrogen and oxygen atoms in total. The Morgan fingerprint density at radius 1 is 1.06 bits per heavy atom. The topological polar surface area (TPSA) is 75.7 Å². The largest absolute Gasteiger partial charge is 0.454 e. The van der Waals surface area contributed by atoms with Crippen LogP contribution in [-0.4, -0.2) is 41.9 Å². The molecule has 5 aliphatic rings. The standard InChI is InChI=1S/C25H32N2O4/c1-16-5-2-3-6-20(16)26-22(28)15-31-23(29)21-7-4-8-27(21)24(30)25-12-17-9-18(13-25)11-19(10-17)14-25/h2-3,5-6,17-19,21H,4,7-15H2,1H3,(H,26,28)/t17?,18?,19?,21-,25?/m0/s1. The number of hydrogen-bond donors (Lipinski definition) is 1. The zero-order valence-corrected chi connectivity index (χ0v) is 18.3. The van der Waals surface area contributed by atoms with Crippen molar-refractivity contribution >= 4 is 23.5 Å². The van der Waals surface area contributed by atoms with E-state index < -0.39 is 12.0 Å². The molecule has 0 aromatic heterocycles. The maximum atomic E-state index is 13.7. The molecule has 2 amide bonds. The van der Waals surface area contributed by atoms with E-state index in [9.17, 15) is 14.4 Å². The highest BCUT2D eigenvalue weighted by atomic mass is 16.5. The SMILES string of the molecule is Cc1ccccc1NC(=O)COC(=O)[C@@H]1CCCN1C(=O)C12CC3CC(CC(C3)C1)C2. The highest BCUT2D eigenvalue weighted by Gasteiger charge is 2.57. The number of ether oxygens (including phenoxy) is 1. The highest BCUT2D eigenvalue weighted by Crippen LogP contribution is 2.60. The minimum Gasteiger partial charge on any atom is -0.454 e. The first-order valence-corrected chi connectivity index (χ1v) is 11.8. The number of anilines is 1. The van der Waals surface area contributed by atoms with Gasteiger partial charge in [0.05, 0.1) is 5.41 Å². The van der Waals surface area contributed by atoms with Crippen LogP contribution in [0.1, 0.15) is 56.9 Å².